The summed E-state index contributed by atoms with van der Waals surface area (Å²) in [6.45, 7) is 0.700. The number of benzene rings is 1. The normalized spacial score (nSPS) is 17.7. The molecule has 1 aromatic heterocycles. The van der Waals surface area contributed by atoms with Crippen LogP contribution in [0, 0.1) is 0 Å². The van der Waals surface area contributed by atoms with Crippen LogP contribution in [0.5, 0.6) is 0 Å². The first kappa shape index (κ1) is 19.0. The van der Waals surface area contributed by atoms with E-state index in [-0.39, 0.29) is 12.2 Å². The highest BCUT2D eigenvalue weighted by atomic mass is 32.1. The second kappa shape index (κ2) is 8.28. The molecule has 4 N–H and O–H groups in total. The number of likely N-dealkylation sites (tertiary alicyclic amines) is 1. The lowest BCUT2D eigenvalue weighted by molar-refractivity contribution is -0.149. The summed E-state index contributed by atoms with van der Waals surface area (Å²) in [5, 5.41) is 14.7. The van der Waals surface area contributed by atoms with Crippen LogP contribution in [0.1, 0.15) is 33.5 Å². The third kappa shape index (κ3) is 4.15. The van der Waals surface area contributed by atoms with E-state index < -0.39 is 29.9 Å². The maximum absolute atomic E-state index is 12.7. The molecule has 2 aromatic rings. The Hall–Kier alpha value is -2.78. The zero-order valence-corrected chi connectivity index (χ0v) is 15.3. The molecule has 2 atom stereocenters. The van der Waals surface area contributed by atoms with Crippen molar-refractivity contribution in [2.75, 3.05) is 13.1 Å². The minimum absolute atomic E-state index is 0.243. The van der Waals surface area contributed by atoms with Crippen molar-refractivity contribution in [3.05, 3.63) is 52.0 Å². The molecule has 27 heavy (non-hydrogen) atoms. The molecule has 2 amide bonds. The number of aliphatic carboxylic acids is 1. The maximum Gasteiger partial charge on any atom is 0.331 e. The number of nitrogens with zero attached hydrogens (tertiary/aromatic N) is 2. The number of thiazole rings is 1. The van der Waals surface area contributed by atoms with Crippen LogP contribution in [-0.2, 0) is 16.0 Å². The van der Waals surface area contributed by atoms with Gasteiger partial charge in [-0.1, -0.05) is 30.3 Å². The number of hydrogen-bond acceptors (Lipinski definition) is 6. The van der Waals surface area contributed by atoms with Crippen LogP contribution in [0.3, 0.4) is 0 Å². The Balaban J connectivity index is 1.70. The van der Waals surface area contributed by atoms with E-state index in [9.17, 15) is 19.5 Å². The van der Waals surface area contributed by atoms with E-state index in [0.29, 0.717) is 24.9 Å². The lowest BCUT2D eigenvalue weighted by atomic mass is 10.1. The van der Waals surface area contributed by atoms with Gasteiger partial charge in [-0.15, -0.1) is 11.3 Å². The van der Waals surface area contributed by atoms with Gasteiger partial charge in [0.2, 0.25) is 5.91 Å². The second-order valence-electron chi connectivity index (χ2n) is 6.16. The first-order chi connectivity index (χ1) is 13.0. The summed E-state index contributed by atoms with van der Waals surface area (Å²) in [4.78, 5) is 42.3. The van der Waals surface area contributed by atoms with Crippen molar-refractivity contribution < 1.29 is 19.5 Å². The summed E-state index contributed by atoms with van der Waals surface area (Å²) in [5.74, 6) is -1.95. The van der Waals surface area contributed by atoms with Gasteiger partial charge in [-0.05, 0) is 18.5 Å². The first-order valence-corrected chi connectivity index (χ1v) is 9.42. The molecule has 1 aromatic carbocycles. The average Bonchev–Trinajstić information content (AvgIpc) is 3.25. The van der Waals surface area contributed by atoms with E-state index >= 15 is 0 Å². The highest BCUT2D eigenvalue weighted by Gasteiger charge is 2.40. The molecule has 1 aliphatic heterocycles. The Morgan fingerprint density at radius 3 is 2.78 bits per heavy atom. The van der Waals surface area contributed by atoms with Crippen molar-refractivity contribution >= 4 is 29.1 Å². The summed E-state index contributed by atoms with van der Waals surface area (Å²) >= 11 is 1.34. The summed E-state index contributed by atoms with van der Waals surface area (Å²) in [5.41, 5.74) is 6.25. The quantitative estimate of drug-likeness (QED) is 0.644. The number of carboxylic acid groups (broad SMARTS) is 1. The van der Waals surface area contributed by atoms with Gasteiger partial charge in [0.05, 0.1) is 5.01 Å². The average molecular weight is 388 g/mol. The lowest BCUT2D eigenvalue weighted by Crippen LogP contribution is -2.44. The van der Waals surface area contributed by atoms with Gasteiger partial charge >= 0.3 is 5.97 Å². The van der Waals surface area contributed by atoms with Gasteiger partial charge < -0.3 is 21.1 Å². The summed E-state index contributed by atoms with van der Waals surface area (Å²) < 4.78 is 0. The molecule has 0 aliphatic carbocycles. The van der Waals surface area contributed by atoms with E-state index in [1.807, 2.05) is 0 Å². The molecule has 1 fully saturated rings. The van der Waals surface area contributed by atoms with Crippen molar-refractivity contribution in [2.24, 2.45) is 5.73 Å². The molecular formula is C18H20N4O4S. The third-order valence-corrected chi connectivity index (χ3v) is 5.26. The summed E-state index contributed by atoms with van der Waals surface area (Å²) in [6, 6.07) is 6.75. The molecule has 2 unspecified atom stereocenters. The predicted octanol–water partition coefficient (Wildman–Crippen LogP) is 0.801. The van der Waals surface area contributed by atoms with E-state index in [4.69, 9.17) is 5.73 Å². The molecule has 0 spiro atoms. The van der Waals surface area contributed by atoms with Gasteiger partial charge in [0.1, 0.15) is 11.7 Å². The fourth-order valence-corrected chi connectivity index (χ4v) is 3.86. The molecule has 1 aliphatic rings. The number of aromatic nitrogens is 1. The third-order valence-electron chi connectivity index (χ3n) is 4.35. The first-order valence-electron chi connectivity index (χ1n) is 8.55. The molecule has 0 radical (unpaired) electrons. The van der Waals surface area contributed by atoms with E-state index in [2.05, 4.69) is 10.3 Å². The number of nitrogens with one attached hydrogen (secondary N) is 1. The van der Waals surface area contributed by atoms with Crippen LogP contribution in [0.4, 0.5) is 0 Å². The molecule has 8 nitrogen and oxygen atoms in total. The van der Waals surface area contributed by atoms with E-state index in [1.165, 1.54) is 16.2 Å². The molecule has 0 bridgehead atoms. The molecule has 1 saturated heterocycles. The fourth-order valence-electron chi connectivity index (χ4n) is 3.07. The topological polar surface area (TPSA) is 126 Å². The van der Waals surface area contributed by atoms with E-state index in [1.54, 1.807) is 35.7 Å². The number of amides is 2. The van der Waals surface area contributed by atoms with E-state index in [0.717, 1.165) is 5.01 Å². The van der Waals surface area contributed by atoms with Crippen LogP contribution < -0.4 is 11.1 Å². The zero-order valence-electron chi connectivity index (χ0n) is 14.5. The molecule has 2 heterocycles. The fraction of sp³-hybridized carbons (Fsp3) is 0.333. The van der Waals surface area contributed by atoms with Crippen molar-refractivity contribution in [3.8, 4) is 0 Å². The Kier molecular flexibility index (Phi) is 5.82. The minimum atomic E-state index is -1.10. The van der Waals surface area contributed by atoms with Gasteiger partial charge in [0, 0.05) is 18.3 Å². The summed E-state index contributed by atoms with van der Waals surface area (Å²) in [7, 11) is 0. The molecule has 3 rings (SSSR count). The van der Waals surface area contributed by atoms with Gasteiger partial charge in [0.25, 0.3) is 5.91 Å². The molecule has 0 saturated carbocycles. The van der Waals surface area contributed by atoms with Gasteiger partial charge in [-0.3, -0.25) is 9.59 Å². The molecule has 9 heteroatoms. The Morgan fingerprint density at radius 1 is 1.37 bits per heavy atom. The highest BCUT2D eigenvalue weighted by molar-refractivity contribution is 7.09. The Morgan fingerprint density at radius 2 is 2.11 bits per heavy atom. The largest absolute Gasteiger partial charge is 0.479 e. The van der Waals surface area contributed by atoms with Crippen LogP contribution in [0.15, 0.2) is 35.7 Å². The SMILES string of the molecule is NCCc1nc(C(=O)NC2CCN(C(C(=O)O)c3ccccc3)C2=O)cs1. The standard InChI is InChI=1S/C18H20N4O4S/c19-8-6-14-20-13(10-27-14)16(23)21-12-7-9-22(17(12)24)15(18(25)26)11-4-2-1-3-5-11/h1-5,10,12,15H,6-9,19H2,(H,21,23)(H,25,26). The van der Waals surface area contributed by atoms with Crippen molar-refractivity contribution in [3.63, 3.8) is 0 Å². The van der Waals surface area contributed by atoms with Crippen LogP contribution in [0.25, 0.3) is 0 Å². The number of hydrogen-bond donors (Lipinski definition) is 3. The minimum Gasteiger partial charge on any atom is -0.479 e. The van der Waals surface area contributed by atoms with Crippen molar-refractivity contribution in [2.45, 2.75) is 24.9 Å². The number of nitrogens with two attached hydrogens (primary N) is 1. The molecular weight excluding hydrogens is 368 g/mol. The second-order valence-corrected chi connectivity index (χ2v) is 7.11. The summed E-state index contributed by atoms with van der Waals surface area (Å²) in [6.07, 6.45) is 0.937. The van der Waals surface area contributed by atoms with Crippen LogP contribution in [-0.4, -0.2) is 51.9 Å². The lowest BCUT2D eigenvalue weighted by Gasteiger charge is -2.25. The van der Waals surface area contributed by atoms with Crippen molar-refractivity contribution in [1.29, 1.82) is 0 Å². The Labute approximate surface area is 160 Å². The van der Waals surface area contributed by atoms with Gasteiger partial charge in [0.15, 0.2) is 6.04 Å². The molecule has 142 valence electrons. The van der Waals surface area contributed by atoms with Crippen LogP contribution in [0.2, 0.25) is 0 Å². The number of carboxylic acids is 1. The smallest absolute Gasteiger partial charge is 0.331 e. The number of rotatable bonds is 7. The number of carbonyl (C=O) groups excluding carboxylic acids is 2. The Bertz CT molecular complexity index is 839. The zero-order chi connectivity index (χ0) is 19.4. The van der Waals surface area contributed by atoms with Gasteiger partial charge in [-0.25, -0.2) is 9.78 Å². The highest BCUT2D eigenvalue weighted by Crippen LogP contribution is 2.26. The predicted molar refractivity (Wildman–Crippen MR) is 99.3 cm³/mol. The van der Waals surface area contributed by atoms with Crippen LogP contribution >= 0.6 is 11.3 Å². The number of carbonyl (C=O) groups is 3. The maximum atomic E-state index is 12.7. The van der Waals surface area contributed by atoms with Crippen molar-refractivity contribution in [1.82, 2.24) is 15.2 Å². The monoisotopic (exact) mass is 388 g/mol. The van der Waals surface area contributed by atoms with Gasteiger partial charge in [-0.2, -0.15) is 0 Å².